The van der Waals surface area contributed by atoms with Crippen molar-refractivity contribution in [3.05, 3.63) is 28.7 Å². The predicted molar refractivity (Wildman–Crippen MR) is 65.8 cm³/mol. The summed E-state index contributed by atoms with van der Waals surface area (Å²) in [5.41, 5.74) is 0. The number of rotatable bonds is 2. The summed E-state index contributed by atoms with van der Waals surface area (Å²) in [7, 11) is -3.35. The van der Waals surface area contributed by atoms with Crippen LogP contribution >= 0.6 is 15.9 Å². The van der Waals surface area contributed by atoms with Crippen LogP contribution in [-0.4, -0.2) is 38.9 Å². The van der Waals surface area contributed by atoms with E-state index in [1.54, 1.807) is 24.3 Å². The van der Waals surface area contributed by atoms with Crippen molar-refractivity contribution in [1.29, 1.82) is 0 Å². The Balaban J connectivity index is 2.35. The number of nitrogens with zero attached hydrogens (tertiary/aromatic N) is 1. The van der Waals surface area contributed by atoms with Crippen LogP contribution in [0.5, 0.6) is 0 Å². The van der Waals surface area contributed by atoms with Crippen LogP contribution in [0.1, 0.15) is 0 Å². The van der Waals surface area contributed by atoms with Crippen LogP contribution in [0.3, 0.4) is 0 Å². The van der Waals surface area contributed by atoms with Crippen LogP contribution in [0, 0.1) is 0 Å². The molecule has 88 valence electrons. The molecule has 0 bridgehead atoms. The molecule has 2 rings (SSSR count). The summed E-state index contributed by atoms with van der Waals surface area (Å²) in [4.78, 5) is 0.344. The monoisotopic (exact) mass is 304 g/mol. The minimum atomic E-state index is -3.35. The summed E-state index contributed by atoms with van der Waals surface area (Å²) >= 11 is 3.28. The van der Waals surface area contributed by atoms with Gasteiger partial charge in [-0.3, -0.25) is 0 Å². The zero-order chi connectivity index (χ0) is 11.6. The van der Waals surface area contributed by atoms with Gasteiger partial charge in [0.05, 0.1) is 4.90 Å². The van der Waals surface area contributed by atoms with E-state index in [2.05, 4.69) is 21.2 Å². The van der Waals surface area contributed by atoms with Crippen LogP contribution in [0.4, 0.5) is 0 Å². The molecule has 0 spiro atoms. The van der Waals surface area contributed by atoms with E-state index >= 15 is 0 Å². The average Bonchev–Trinajstić information content (AvgIpc) is 2.30. The number of sulfonamides is 1. The lowest BCUT2D eigenvalue weighted by atomic mass is 10.4. The molecule has 0 atom stereocenters. The van der Waals surface area contributed by atoms with Crippen LogP contribution in [0.15, 0.2) is 33.6 Å². The minimum absolute atomic E-state index is 0.344. The van der Waals surface area contributed by atoms with Gasteiger partial charge >= 0.3 is 0 Å². The average molecular weight is 305 g/mol. The fourth-order valence-corrected chi connectivity index (χ4v) is 4.08. The highest BCUT2D eigenvalue weighted by atomic mass is 79.9. The first-order valence-electron chi connectivity index (χ1n) is 5.08. The van der Waals surface area contributed by atoms with Crippen LogP contribution in [-0.2, 0) is 10.0 Å². The maximum atomic E-state index is 12.3. The van der Waals surface area contributed by atoms with Crippen molar-refractivity contribution in [3.63, 3.8) is 0 Å². The van der Waals surface area contributed by atoms with Crippen molar-refractivity contribution in [2.75, 3.05) is 26.2 Å². The Bertz CT molecular complexity index is 469. The number of nitrogens with one attached hydrogen (secondary N) is 1. The molecule has 16 heavy (non-hydrogen) atoms. The molecule has 1 heterocycles. The molecule has 0 aromatic heterocycles. The van der Waals surface area contributed by atoms with Crippen LogP contribution in [0.25, 0.3) is 0 Å². The number of halogens is 1. The molecular weight excluding hydrogens is 292 g/mol. The molecule has 1 N–H and O–H groups in total. The molecule has 1 saturated heterocycles. The Morgan fingerprint density at radius 1 is 1.19 bits per heavy atom. The fraction of sp³-hybridized carbons (Fsp3) is 0.400. The zero-order valence-corrected chi connectivity index (χ0v) is 11.1. The van der Waals surface area contributed by atoms with Crippen molar-refractivity contribution in [2.45, 2.75) is 4.90 Å². The van der Waals surface area contributed by atoms with E-state index in [0.717, 1.165) is 0 Å². The maximum absolute atomic E-state index is 12.3. The zero-order valence-electron chi connectivity index (χ0n) is 8.69. The van der Waals surface area contributed by atoms with Crippen molar-refractivity contribution in [3.8, 4) is 0 Å². The van der Waals surface area contributed by atoms with Gasteiger partial charge < -0.3 is 5.32 Å². The quantitative estimate of drug-likeness (QED) is 0.888. The standard InChI is InChI=1S/C10H13BrN2O2S/c11-9-3-1-2-4-10(9)16(14,15)13-7-5-12-6-8-13/h1-4,12H,5-8H2. The largest absolute Gasteiger partial charge is 0.314 e. The molecule has 1 aliphatic rings. The van der Waals surface area contributed by atoms with Crippen molar-refractivity contribution >= 4 is 26.0 Å². The highest BCUT2D eigenvalue weighted by Gasteiger charge is 2.27. The Hall–Kier alpha value is -0.430. The molecular formula is C10H13BrN2O2S. The lowest BCUT2D eigenvalue weighted by Crippen LogP contribution is -2.46. The third-order valence-corrected chi connectivity index (χ3v) is 5.44. The molecule has 0 aliphatic carbocycles. The summed E-state index contributed by atoms with van der Waals surface area (Å²) in [6, 6.07) is 6.91. The van der Waals surface area contributed by atoms with Crippen LogP contribution < -0.4 is 5.32 Å². The van der Waals surface area contributed by atoms with E-state index in [-0.39, 0.29) is 0 Å². The first-order valence-corrected chi connectivity index (χ1v) is 7.31. The molecule has 1 aliphatic heterocycles. The van der Waals surface area contributed by atoms with E-state index in [0.29, 0.717) is 35.5 Å². The van der Waals surface area contributed by atoms with Gasteiger partial charge in [-0.15, -0.1) is 0 Å². The number of benzene rings is 1. The van der Waals surface area contributed by atoms with Crippen molar-refractivity contribution in [2.24, 2.45) is 0 Å². The summed E-state index contributed by atoms with van der Waals surface area (Å²) in [5, 5.41) is 3.14. The smallest absolute Gasteiger partial charge is 0.244 e. The van der Waals surface area contributed by atoms with Crippen molar-refractivity contribution in [1.82, 2.24) is 9.62 Å². The Morgan fingerprint density at radius 2 is 1.81 bits per heavy atom. The fourth-order valence-electron chi connectivity index (χ4n) is 1.68. The van der Waals surface area contributed by atoms with E-state index in [9.17, 15) is 8.42 Å². The molecule has 0 saturated carbocycles. The summed E-state index contributed by atoms with van der Waals surface area (Å²) < 4.78 is 26.7. The molecule has 1 fully saturated rings. The lowest BCUT2D eigenvalue weighted by Gasteiger charge is -2.26. The Kier molecular flexibility index (Phi) is 3.63. The summed E-state index contributed by atoms with van der Waals surface area (Å²) in [6.45, 7) is 2.49. The normalized spacial score (nSPS) is 18.6. The number of piperazine rings is 1. The lowest BCUT2D eigenvalue weighted by molar-refractivity contribution is 0.360. The van der Waals surface area contributed by atoms with Crippen molar-refractivity contribution < 1.29 is 8.42 Å². The van der Waals surface area contributed by atoms with Gasteiger partial charge in [-0.05, 0) is 28.1 Å². The second-order valence-corrected chi connectivity index (χ2v) is 6.35. The predicted octanol–water partition coefficient (Wildman–Crippen LogP) is 1.04. The topological polar surface area (TPSA) is 49.4 Å². The highest BCUT2D eigenvalue weighted by molar-refractivity contribution is 9.10. The molecule has 4 nitrogen and oxygen atoms in total. The van der Waals surface area contributed by atoms with Gasteiger partial charge in [-0.2, -0.15) is 4.31 Å². The first kappa shape index (κ1) is 12.0. The van der Waals surface area contributed by atoms with E-state index in [4.69, 9.17) is 0 Å². The summed E-state index contributed by atoms with van der Waals surface area (Å²) in [5.74, 6) is 0. The Morgan fingerprint density at radius 3 is 2.44 bits per heavy atom. The van der Waals surface area contributed by atoms with Gasteiger partial charge in [0.25, 0.3) is 0 Å². The van der Waals surface area contributed by atoms with Gasteiger partial charge in [0.2, 0.25) is 10.0 Å². The second kappa shape index (κ2) is 4.83. The third-order valence-electron chi connectivity index (χ3n) is 2.53. The Labute approximate surface area is 104 Å². The molecule has 1 aromatic carbocycles. The van der Waals surface area contributed by atoms with Gasteiger partial charge in [-0.25, -0.2) is 8.42 Å². The summed E-state index contributed by atoms with van der Waals surface area (Å²) in [6.07, 6.45) is 0. The second-order valence-electron chi connectivity index (χ2n) is 3.58. The highest BCUT2D eigenvalue weighted by Crippen LogP contribution is 2.24. The van der Waals surface area contributed by atoms with Gasteiger partial charge in [-0.1, -0.05) is 12.1 Å². The molecule has 1 aromatic rings. The van der Waals surface area contributed by atoms with E-state index < -0.39 is 10.0 Å². The van der Waals surface area contributed by atoms with E-state index in [1.807, 2.05) is 0 Å². The first-order chi connectivity index (χ1) is 7.62. The minimum Gasteiger partial charge on any atom is -0.314 e. The van der Waals surface area contributed by atoms with Gasteiger partial charge in [0, 0.05) is 30.7 Å². The number of hydrogen-bond acceptors (Lipinski definition) is 3. The molecule has 6 heteroatoms. The SMILES string of the molecule is O=S(=O)(c1ccccc1Br)N1CCNCC1. The maximum Gasteiger partial charge on any atom is 0.244 e. The number of hydrogen-bond donors (Lipinski definition) is 1. The van der Waals surface area contributed by atoms with Gasteiger partial charge in [0.1, 0.15) is 0 Å². The van der Waals surface area contributed by atoms with Crippen LogP contribution in [0.2, 0.25) is 0 Å². The molecule has 0 radical (unpaired) electrons. The van der Waals surface area contributed by atoms with Gasteiger partial charge in [0.15, 0.2) is 0 Å². The third kappa shape index (κ3) is 2.29. The molecule has 0 unspecified atom stereocenters. The van der Waals surface area contributed by atoms with E-state index in [1.165, 1.54) is 4.31 Å². The molecule has 0 amide bonds.